The molecule has 1 atom stereocenters. The molecule has 1 saturated heterocycles. The van der Waals surface area contributed by atoms with Crippen LogP contribution in [0.1, 0.15) is 23.7 Å². The summed E-state index contributed by atoms with van der Waals surface area (Å²) < 4.78 is 23.2. The Balaban J connectivity index is 1.73. The summed E-state index contributed by atoms with van der Waals surface area (Å²) in [5.74, 6) is -2.05. The number of hydrogen-bond donors (Lipinski definition) is 1. The quantitative estimate of drug-likeness (QED) is 0.459. The number of carbonyl (C=O) groups excluding carboxylic acids is 4. The molecule has 0 aliphatic carbocycles. The highest BCUT2D eigenvalue weighted by Crippen LogP contribution is 2.27. The number of urea groups is 1. The second-order valence-corrected chi connectivity index (χ2v) is 7.18. The molecule has 0 radical (unpaired) electrons. The molecule has 174 valence electrons. The van der Waals surface area contributed by atoms with Gasteiger partial charge in [-0.25, -0.2) is 18.9 Å². The fourth-order valence-corrected chi connectivity index (χ4v) is 3.40. The van der Waals surface area contributed by atoms with Crippen LogP contribution in [0, 0.1) is 5.82 Å². The summed E-state index contributed by atoms with van der Waals surface area (Å²) in [6.07, 6.45) is -0.286. The van der Waals surface area contributed by atoms with Crippen molar-refractivity contribution in [2.24, 2.45) is 0 Å². The maximum atomic E-state index is 13.3. The van der Waals surface area contributed by atoms with E-state index in [9.17, 15) is 23.6 Å². The van der Waals surface area contributed by atoms with Gasteiger partial charge in [-0.15, -0.1) is 0 Å². The van der Waals surface area contributed by atoms with Crippen LogP contribution in [0.15, 0.2) is 48.5 Å². The predicted molar refractivity (Wildman–Crippen MR) is 117 cm³/mol. The van der Waals surface area contributed by atoms with Gasteiger partial charge in [-0.05, 0) is 55.5 Å². The summed E-state index contributed by atoms with van der Waals surface area (Å²) in [5.41, 5.74) is 0.974. The fourth-order valence-electron chi connectivity index (χ4n) is 3.40. The van der Waals surface area contributed by atoms with E-state index in [4.69, 9.17) is 9.47 Å². The molecule has 0 bridgehead atoms. The van der Waals surface area contributed by atoms with Crippen molar-refractivity contribution in [1.82, 2.24) is 4.90 Å². The van der Waals surface area contributed by atoms with Gasteiger partial charge >= 0.3 is 12.0 Å². The topological polar surface area (TPSA) is 105 Å². The number of carbonyl (C=O) groups is 4. The summed E-state index contributed by atoms with van der Waals surface area (Å²) in [7, 11) is 1.46. The lowest BCUT2D eigenvalue weighted by molar-refractivity contribution is -0.124. The van der Waals surface area contributed by atoms with E-state index in [1.807, 2.05) is 0 Å². The number of nitrogens with one attached hydrogen (secondary N) is 1. The summed E-state index contributed by atoms with van der Waals surface area (Å²) in [6.45, 7) is 2.23. The number of benzene rings is 2. The SMILES string of the molecule is CCOC(=O)c1ccc(NC(=O)C[C@H]2C(=O)N(c3ccc(F)cc3)C(=O)N2CCOC)cc1. The van der Waals surface area contributed by atoms with Crippen molar-refractivity contribution >= 4 is 35.2 Å². The molecule has 2 aromatic carbocycles. The zero-order valence-electron chi connectivity index (χ0n) is 18.2. The molecule has 0 spiro atoms. The summed E-state index contributed by atoms with van der Waals surface area (Å²) >= 11 is 0. The van der Waals surface area contributed by atoms with Gasteiger partial charge in [0.25, 0.3) is 5.91 Å². The highest BCUT2D eigenvalue weighted by Gasteiger charge is 2.46. The smallest absolute Gasteiger partial charge is 0.338 e. The minimum absolute atomic E-state index is 0.102. The normalized spacial score (nSPS) is 15.7. The molecule has 1 N–H and O–H groups in total. The molecule has 9 nitrogen and oxygen atoms in total. The zero-order valence-corrected chi connectivity index (χ0v) is 18.2. The second kappa shape index (κ2) is 10.7. The molecule has 0 saturated carbocycles. The van der Waals surface area contributed by atoms with E-state index >= 15 is 0 Å². The van der Waals surface area contributed by atoms with Gasteiger partial charge in [0, 0.05) is 19.3 Å². The van der Waals surface area contributed by atoms with Gasteiger partial charge in [0.15, 0.2) is 0 Å². The Labute approximate surface area is 190 Å². The number of amides is 4. The van der Waals surface area contributed by atoms with Crippen molar-refractivity contribution in [2.45, 2.75) is 19.4 Å². The Bertz CT molecular complexity index is 1030. The second-order valence-electron chi connectivity index (χ2n) is 7.18. The number of rotatable bonds is 9. The van der Waals surface area contributed by atoms with Gasteiger partial charge in [-0.2, -0.15) is 0 Å². The molecule has 10 heteroatoms. The first-order chi connectivity index (χ1) is 15.8. The van der Waals surface area contributed by atoms with Gasteiger partial charge in [-0.1, -0.05) is 0 Å². The molecule has 1 aliphatic rings. The summed E-state index contributed by atoms with van der Waals surface area (Å²) in [6, 6.07) is 9.40. The molecule has 1 aliphatic heterocycles. The Morgan fingerprint density at radius 3 is 2.33 bits per heavy atom. The third-order valence-corrected chi connectivity index (χ3v) is 5.00. The third-order valence-electron chi connectivity index (χ3n) is 5.00. The Morgan fingerprint density at radius 1 is 1.06 bits per heavy atom. The zero-order chi connectivity index (χ0) is 24.0. The van der Waals surface area contributed by atoms with Crippen LogP contribution >= 0.6 is 0 Å². The summed E-state index contributed by atoms with van der Waals surface area (Å²) in [5, 5.41) is 2.66. The summed E-state index contributed by atoms with van der Waals surface area (Å²) in [4.78, 5) is 52.6. The van der Waals surface area contributed by atoms with E-state index in [-0.39, 0.29) is 31.9 Å². The monoisotopic (exact) mass is 457 g/mol. The molecule has 4 amide bonds. The van der Waals surface area contributed by atoms with E-state index in [0.717, 1.165) is 17.0 Å². The number of methoxy groups -OCH3 is 1. The van der Waals surface area contributed by atoms with Crippen molar-refractivity contribution in [3.8, 4) is 0 Å². The first-order valence-corrected chi connectivity index (χ1v) is 10.3. The van der Waals surface area contributed by atoms with Crippen molar-refractivity contribution in [2.75, 3.05) is 37.1 Å². The van der Waals surface area contributed by atoms with E-state index in [2.05, 4.69) is 5.32 Å². The lowest BCUT2D eigenvalue weighted by Crippen LogP contribution is -2.39. The van der Waals surface area contributed by atoms with Crippen molar-refractivity contribution in [1.29, 1.82) is 0 Å². The van der Waals surface area contributed by atoms with Crippen molar-refractivity contribution < 1.29 is 33.0 Å². The average Bonchev–Trinajstić information content (AvgIpc) is 3.02. The van der Waals surface area contributed by atoms with Crippen LogP contribution in [0.4, 0.5) is 20.6 Å². The minimum Gasteiger partial charge on any atom is -0.462 e. The molecular weight excluding hydrogens is 433 g/mol. The number of hydrogen-bond acceptors (Lipinski definition) is 6. The molecule has 0 aromatic heterocycles. The maximum Gasteiger partial charge on any atom is 0.338 e. The number of imide groups is 1. The molecule has 1 heterocycles. The number of halogens is 1. The lowest BCUT2D eigenvalue weighted by Gasteiger charge is -2.21. The molecular formula is C23H24FN3O6. The third kappa shape index (κ3) is 5.53. The van der Waals surface area contributed by atoms with Gasteiger partial charge in [0.2, 0.25) is 5.91 Å². The van der Waals surface area contributed by atoms with Crippen LogP contribution in [0.3, 0.4) is 0 Å². The van der Waals surface area contributed by atoms with Crippen LogP contribution in [-0.2, 0) is 19.1 Å². The number of esters is 1. The Morgan fingerprint density at radius 2 is 1.73 bits per heavy atom. The van der Waals surface area contributed by atoms with Gasteiger partial charge < -0.3 is 19.7 Å². The number of ether oxygens (including phenoxy) is 2. The van der Waals surface area contributed by atoms with Gasteiger partial charge in [0.1, 0.15) is 11.9 Å². The first kappa shape index (κ1) is 23.9. The Kier molecular flexibility index (Phi) is 7.73. The van der Waals surface area contributed by atoms with Crippen LogP contribution in [-0.4, -0.2) is 61.6 Å². The maximum absolute atomic E-state index is 13.3. The Hall–Kier alpha value is -3.79. The van der Waals surface area contributed by atoms with Crippen LogP contribution in [0.2, 0.25) is 0 Å². The van der Waals surface area contributed by atoms with Crippen molar-refractivity contribution in [3.63, 3.8) is 0 Å². The molecule has 3 rings (SSSR count). The average molecular weight is 457 g/mol. The minimum atomic E-state index is -1.04. The van der Waals surface area contributed by atoms with Crippen LogP contribution in [0.25, 0.3) is 0 Å². The van der Waals surface area contributed by atoms with Crippen molar-refractivity contribution in [3.05, 3.63) is 59.9 Å². The lowest BCUT2D eigenvalue weighted by atomic mass is 10.1. The number of anilines is 2. The molecule has 1 fully saturated rings. The molecule has 0 unspecified atom stereocenters. The number of nitrogens with zero attached hydrogens (tertiary/aromatic N) is 2. The van der Waals surface area contributed by atoms with Crippen LogP contribution in [0.5, 0.6) is 0 Å². The van der Waals surface area contributed by atoms with Crippen LogP contribution < -0.4 is 10.2 Å². The fraction of sp³-hybridized carbons (Fsp3) is 0.304. The predicted octanol–water partition coefficient (Wildman–Crippen LogP) is 2.81. The van der Waals surface area contributed by atoms with Gasteiger partial charge in [-0.3, -0.25) is 9.59 Å². The molecule has 33 heavy (non-hydrogen) atoms. The molecule has 2 aromatic rings. The largest absolute Gasteiger partial charge is 0.462 e. The van der Waals surface area contributed by atoms with E-state index in [0.29, 0.717) is 11.3 Å². The highest BCUT2D eigenvalue weighted by molar-refractivity contribution is 6.22. The van der Waals surface area contributed by atoms with E-state index in [1.54, 1.807) is 19.1 Å². The van der Waals surface area contributed by atoms with Gasteiger partial charge in [0.05, 0.1) is 30.9 Å². The first-order valence-electron chi connectivity index (χ1n) is 10.3. The van der Waals surface area contributed by atoms with E-state index in [1.165, 1.54) is 36.3 Å². The van der Waals surface area contributed by atoms with E-state index < -0.39 is 35.7 Å². The standard InChI is InChI=1S/C23H24FN3O6/c1-3-33-22(30)15-4-8-17(9-5-15)25-20(28)14-19-21(29)27(18-10-6-16(24)7-11-18)23(31)26(19)12-13-32-2/h4-11,19H,3,12-14H2,1-2H3,(H,25,28)/t19-/m0/s1. The highest BCUT2D eigenvalue weighted by atomic mass is 19.1.